The number of anilines is 1. The van der Waals surface area contributed by atoms with Crippen LogP contribution >= 0.6 is 11.3 Å². The molecule has 4 rings (SSSR count). The highest BCUT2D eigenvalue weighted by molar-refractivity contribution is 7.15. The molecular weight excluding hydrogens is 338 g/mol. The van der Waals surface area contributed by atoms with Crippen molar-refractivity contribution in [1.29, 1.82) is 0 Å². The van der Waals surface area contributed by atoms with E-state index in [-0.39, 0.29) is 18.6 Å². The predicted molar refractivity (Wildman–Crippen MR) is 95.0 cm³/mol. The average molecular weight is 359 g/mol. The fourth-order valence-electron chi connectivity index (χ4n) is 3.29. The average Bonchev–Trinajstić information content (AvgIpc) is 3.31. The van der Waals surface area contributed by atoms with Gasteiger partial charge in [0.25, 0.3) is 5.91 Å². The molecule has 0 spiro atoms. The molecule has 0 radical (unpaired) electrons. The Labute approximate surface area is 150 Å². The summed E-state index contributed by atoms with van der Waals surface area (Å²) in [5.41, 5.74) is 2.74. The summed E-state index contributed by atoms with van der Waals surface area (Å²) in [5.74, 6) is 0.515. The highest BCUT2D eigenvalue weighted by Gasteiger charge is 2.22. The number of hydrogen-bond donors (Lipinski definition) is 1. The molecule has 0 bridgehead atoms. The van der Waals surface area contributed by atoms with Gasteiger partial charge >= 0.3 is 0 Å². The molecule has 2 aliphatic rings. The number of benzene rings is 1. The van der Waals surface area contributed by atoms with Crippen molar-refractivity contribution in [2.75, 3.05) is 18.5 Å². The number of aryl methyl sites for hydroxylation is 2. The second-order valence-corrected chi connectivity index (χ2v) is 7.43. The first-order valence-electron chi connectivity index (χ1n) is 8.77. The van der Waals surface area contributed by atoms with Crippen molar-refractivity contribution in [3.8, 4) is 5.75 Å². The SMILES string of the molecule is O=C(COc1ccc2c(c1)CCCC2)Nc1nnc(C2CCCO2)s1. The lowest BCUT2D eigenvalue weighted by molar-refractivity contribution is -0.118. The third kappa shape index (κ3) is 3.99. The number of aromatic nitrogens is 2. The van der Waals surface area contributed by atoms with E-state index in [1.165, 1.54) is 35.3 Å². The van der Waals surface area contributed by atoms with Crippen LogP contribution in [0.3, 0.4) is 0 Å². The summed E-state index contributed by atoms with van der Waals surface area (Å²) in [5, 5.41) is 12.2. The lowest BCUT2D eigenvalue weighted by atomic mass is 9.92. The molecule has 6 nitrogen and oxygen atoms in total. The van der Waals surface area contributed by atoms with E-state index in [2.05, 4.69) is 27.6 Å². The number of fused-ring (bicyclic) bond motifs is 1. The molecule has 1 unspecified atom stereocenters. The normalized spacial score (nSPS) is 19.4. The van der Waals surface area contributed by atoms with Gasteiger partial charge in [0, 0.05) is 6.61 Å². The van der Waals surface area contributed by atoms with Crippen molar-refractivity contribution in [2.45, 2.75) is 44.6 Å². The molecule has 1 atom stereocenters. The van der Waals surface area contributed by atoms with Gasteiger partial charge in [-0.1, -0.05) is 17.4 Å². The first-order chi connectivity index (χ1) is 12.3. The summed E-state index contributed by atoms with van der Waals surface area (Å²) < 4.78 is 11.2. The van der Waals surface area contributed by atoms with E-state index in [9.17, 15) is 4.79 Å². The minimum atomic E-state index is -0.229. The monoisotopic (exact) mass is 359 g/mol. The van der Waals surface area contributed by atoms with Gasteiger partial charge in [-0.3, -0.25) is 10.1 Å². The lowest BCUT2D eigenvalue weighted by Crippen LogP contribution is -2.20. The quantitative estimate of drug-likeness (QED) is 0.887. The summed E-state index contributed by atoms with van der Waals surface area (Å²) in [6.07, 6.45) is 6.74. The molecule has 25 heavy (non-hydrogen) atoms. The fraction of sp³-hybridized carbons (Fsp3) is 0.500. The number of rotatable bonds is 5. The van der Waals surface area contributed by atoms with Gasteiger partial charge in [0.1, 0.15) is 16.9 Å². The van der Waals surface area contributed by atoms with Crippen LogP contribution in [0.4, 0.5) is 5.13 Å². The fourth-order valence-corrected chi connectivity index (χ4v) is 4.14. The number of carbonyl (C=O) groups is 1. The Balaban J connectivity index is 1.30. The maximum absolute atomic E-state index is 12.1. The summed E-state index contributed by atoms with van der Waals surface area (Å²) in [6, 6.07) is 6.11. The molecule has 0 saturated carbocycles. The summed E-state index contributed by atoms with van der Waals surface area (Å²) >= 11 is 1.36. The molecule has 1 aliphatic heterocycles. The first-order valence-corrected chi connectivity index (χ1v) is 9.59. The summed E-state index contributed by atoms with van der Waals surface area (Å²) in [7, 11) is 0. The van der Waals surface area contributed by atoms with Crippen molar-refractivity contribution >= 4 is 22.4 Å². The third-order valence-corrected chi connectivity index (χ3v) is 5.51. The molecule has 2 heterocycles. The molecule has 7 heteroatoms. The largest absolute Gasteiger partial charge is 0.484 e. The zero-order chi connectivity index (χ0) is 17.1. The Kier molecular flexibility index (Phi) is 4.94. The van der Waals surface area contributed by atoms with Gasteiger partial charge in [0.05, 0.1) is 0 Å². The van der Waals surface area contributed by atoms with Crippen LogP contribution in [-0.4, -0.2) is 29.3 Å². The van der Waals surface area contributed by atoms with Crippen molar-refractivity contribution in [2.24, 2.45) is 0 Å². The standard InChI is InChI=1S/C18H21N3O3S/c22-16(19-18-21-20-17(25-18)15-6-3-9-23-15)11-24-14-8-7-12-4-1-2-5-13(12)10-14/h7-8,10,15H,1-6,9,11H2,(H,19,21,22). The van der Waals surface area contributed by atoms with Crippen molar-refractivity contribution in [3.63, 3.8) is 0 Å². The molecule has 2 aromatic rings. The third-order valence-electron chi connectivity index (χ3n) is 4.58. The molecule has 1 saturated heterocycles. The van der Waals surface area contributed by atoms with Crippen molar-refractivity contribution < 1.29 is 14.3 Å². The van der Waals surface area contributed by atoms with Crippen LogP contribution in [0.5, 0.6) is 5.75 Å². The van der Waals surface area contributed by atoms with Gasteiger partial charge in [-0.25, -0.2) is 0 Å². The smallest absolute Gasteiger partial charge is 0.264 e. The van der Waals surface area contributed by atoms with Crippen LogP contribution in [0.25, 0.3) is 0 Å². The van der Waals surface area contributed by atoms with Gasteiger partial charge in [0.15, 0.2) is 6.61 Å². The van der Waals surface area contributed by atoms with Gasteiger partial charge in [-0.15, -0.1) is 10.2 Å². The Morgan fingerprint density at radius 2 is 2.12 bits per heavy atom. The van der Waals surface area contributed by atoms with Crippen LogP contribution in [0.15, 0.2) is 18.2 Å². The van der Waals surface area contributed by atoms with Crippen LogP contribution in [0.1, 0.15) is 47.9 Å². The zero-order valence-electron chi connectivity index (χ0n) is 14.0. The maximum Gasteiger partial charge on any atom is 0.264 e. The minimum Gasteiger partial charge on any atom is -0.484 e. The Morgan fingerprint density at radius 3 is 2.96 bits per heavy atom. The van der Waals surface area contributed by atoms with Crippen molar-refractivity contribution in [3.05, 3.63) is 34.3 Å². The predicted octanol–water partition coefficient (Wildman–Crippen LogP) is 3.29. The molecule has 1 aliphatic carbocycles. The van der Waals surface area contributed by atoms with E-state index >= 15 is 0 Å². The highest BCUT2D eigenvalue weighted by atomic mass is 32.1. The van der Waals surface area contributed by atoms with Crippen LogP contribution in [-0.2, 0) is 22.4 Å². The lowest BCUT2D eigenvalue weighted by Gasteiger charge is -2.16. The van der Waals surface area contributed by atoms with Crippen LogP contribution in [0.2, 0.25) is 0 Å². The zero-order valence-corrected chi connectivity index (χ0v) is 14.8. The van der Waals surface area contributed by atoms with Crippen molar-refractivity contribution in [1.82, 2.24) is 10.2 Å². The van der Waals surface area contributed by atoms with E-state index in [4.69, 9.17) is 9.47 Å². The van der Waals surface area contributed by atoms with Gasteiger partial charge < -0.3 is 9.47 Å². The van der Waals surface area contributed by atoms with E-state index in [0.29, 0.717) is 5.13 Å². The number of ether oxygens (including phenoxy) is 2. The number of amides is 1. The maximum atomic E-state index is 12.1. The van der Waals surface area contributed by atoms with E-state index in [0.717, 1.165) is 43.0 Å². The summed E-state index contributed by atoms with van der Waals surface area (Å²) in [4.78, 5) is 12.1. The molecule has 132 valence electrons. The molecule has 1 aromatic carbocycles. The number of hydrogen-bond acceptors (Lipinski definition) is 6. The molecule has 1 fully saturated rings. The topological polar surface area (TPSA) is 73.3 Å². The summed E-state index contributed by atoms with van der Waals surface area (Å²) in [6.45, 7) is 0.730. The Morgan fingerprint density at radius 1 is 1.24 bits per heavy atom. The second-order valence-electron chi connectivity index (χ2n) is 6.42. The molecule has 1 aromatic heterocycles. The number of nitrogens with one attached hydrogen (secondary N) is 1. The second kappa shape index (κ2) is 7.49. The van der Waals surface area contributed by atoms with E-state index in [1.807, 2.05) is 6.07 Å². The van der Waals surface area contributed by atoms with Gasteiger partial charge in [-0.2, -0.15) is 0 Å². The Bertz CT molecular complexity index is 756. The minimum absolute atomic E-state index is 0.0231. The van der Waals surface area contributed by atoms with Gasteiger partial charge in [-0.05, 0) is 61.8 Å². The number of nitrogens with zero attached hydrogens (tertiary/aromatic N) is 2. The van der Waals surface area contributed by atoms with Gasteiger partial charge in [0.2, 0.25) is 5.13 Å². The van der Waals surface area contributed by atoms with Crippen LogP contribution in [0, 0.1) is 0 Å². The first kappa shape index (κ1) is 16.5. The van der Waals surface area contributed by atoms with E-state index in [1.54, 1.807) is 0 Å². The number of carbonyl (C=O) groups excluding carboxylic acids is 1. The van der Waals surface area contributed by atoms with Crippen LogP contribution < -0.4 is 10.1 Å². The molecule has 1 N–H and O–H groups in total. The van der Waals surface area contributed by atoms with E-state index < -0.39 is 0 Å². The molecule has 1 amide bonds. The highest BCUT2D eigenvalue weighted by Crippen LogP contribution is 2.32. The molecular formula is C18H21N3O3S. The Hall–Kier alpha value is -1.99.